The minimum absolute atomic E-state index is 0.0550. The summed E-state index contributed by atoms with van der Waals surface area (Å²) < 4.78 is 10.5. The largest absolute Gasteiger partial charge is 0.482 e. The van der Waals surface area contributed by atoms with E-state index in [0.717, 1.165) is 11.1 Å². The number of halogens is 1. The van der Waals surface area contributed by atoms with Gasteiger partial charge in [0.25, 0.3) is 5.91 Å². The van der Waals surface area contributed by atoms with Crippen LogP contribution in [0.15, 0.2) is 48.5 Å². The van der Waals surface area contributed by atoms with Crippen LogP contribution in [0.2, 0.25) is 5.02 Å². The molecule has 7 heteroatoms. The van der Waals surface area contributed by atoms with Gasteiger partial charge < -0.3 is 19.9 Å². The number of hydrogen-bond donors (Lipinski definition) is 2. The smallest absolute Gasteiger partial charge is 0.331 e. The predicted octanol–water partition coefficient (Wildman–Crippen LogP) is 2.75. The molecule has 6 nitrogen and oxygen atoms in total. The monoisotopic (exact) mass is 375 g/mol. The van der Waals surface area contributed by atoms with E-state index >= 15 is 0 Å². The molecule has 1 aliphatic heterocycles. The number of nitrogens with one attached hydrogen (secondary N) is 1. The van der Waals surface area contributed by atoms with Gasteiger partial charge in [-0.25, -0.2) is 4.79 Å². The molecular weight excluding hydrogens is 358 g/mol. The zero-order chi connectivity index (χ0) is 18.6. The van der Waals surface area contributed by atoms with Gasteiger partial charge in [0, 0.05) is 13.0 Å². The molecule has 0 radical (unpaired) electrons. The molecule has 1 atom stereocenters. The number of amides is 1. The molecular formula is C19H18ClNO5. The van der Waals surface area contributed by atoms with Gasteiger partial charge in [-0.1, -0.05) is 48.0 Å². The van der Waals surface area contributed by atoms with Crippen LogP contribution in [0.3, 0.4) is 0 Å². The Kier molecular flexibility index (Phi) is 5.44. The van der Waals surface area contributed by atoms with Crippen molar-refractivity contribution in [1.29, 1.82) is 0 Å². The Labute approximate surface area is 155 Å². The van der Waals surface area contributed by atoms with Crippen LogP contribution in [0.4, 0.5) is 0 Å². The molecule has 0 saturated carbocycles. The van der Waals surface area contributed by atoms with Crippen molar-refractivity contribution in [2.75, 3.05) is 19.8 Å². The van der Waals surface area contributed by atoms with E-state index in [9.17, 15) is 14.7 Å². The molecule has 136 valence electrons. The third kappa shape index (κ3) is 3.98. The van der Waals surface area contributed by atoms with Gasteiger partial charge in [0.1, 0.15) is 5.75 Å². The molecule has 26 heavy (non-hydrogen) atoms. The molecule has 0 bridgehead atoms. The molecule has 1 unspecified atom stereocenters. The summed E-state index contributed by atoms with van der Waals surface area (Å²) in [5.41, 5.74) is 0.560. The fourth-order valence-corrected chi connectivity index (χ4v) is 3.00. The maximum Gasteiger partial charge on any atom is 0.331 e. The number of aliphatic carboxylic acids is 1. The van der Waals surface area contributed by atoms with E-state index in [-0.39, 0.29) is 19.6 Å². The Bertz CT molecular complexity index is 803. The first kappa shape index (κ1) is 18.2. The fourth-order valence-electron chi connectivity index (χ4n) is 2.76. The van der Waals surface area contributed by atoms with Crippen LogP contribution in [0, 0.1) is 0 Å². The second kappa shape index (κ2) is 7.76. The van der Waals surface area contributed by atoms with Crippen molar-refractivity contribution in [3.8, 4) is 16.9 Å². The van der Waals surface area contributed by atoms with E-state index < -0.39 is 17.4 Å². The van der Waals surface area contributed by atoms with Crippen molar-refractivity contribution >= 4 is 23.5 Å². The lowest BCUT2D eigenvalue weighted by molar-refractivity contribution is -0.148. The Balaban J connectivity index is 1.63. The number of rotatable bonds is 6. The third-order valence-electron chi connectivity index (χ3n) is 4.21. The second-order valence-corrected chi connectivity index (χ2v) is 6.45. The number of hydrogen-bond acceptors (Lipinski definition) is 4. The first-order valence-electron chi connectivity index (χ1n) is 8.10. The van der Waals surface area contributed by atoms with Crippen molar-refractivity contribution in [2.24, 2.45) is 0 Å². The van der Waals surface area contributed by atoms with E-state index in [1.165, 1.54) is 0 Å². The highest BCUT2D eigenvalue weighted by Gasteiger charge is 2.43. The van der Waals surface area contributed by atoms with Crippen molar-refractivity contribution in [2.45, 2.75) is 12.0 Å². The summed E-state index contributed by atoms with van der Waals surface area (Å²) in [6.45, 7) is -0.0970. The summed E-state index contributed by atoms with van der Waals surface area (Å²) in [5.74, 6) is -1.30. The lowest BCUT2D eigenvalue weighted by Crippen LogP contribution is -2.56. The fraction of sp³-hybridized carbons (Fsp3) is 0.263. The number of ether oxygens (including phenoxy) is 2. The number of carboxylic acids is 1. The molecule has 1 heterocycles. The summed E-state index contributed by atoms with van der Waals surface area (Å²) >= 11 is 6.24. The molecule has 2 aromatic rings. The van der Waals surface area contributed by atoms with E-state index in [4.69, 9.17) is 21.1 Å². The van der Waals surface area contributed by atoms with Crippen LogP contribution < -0.4 is 10.1 Å². The number of carbonyl (C=O) groups is 2. The summed E-state index contributed by atoms with van der Waals surface area (Å²) in [6.07, 6.45) is 0.223. The van der Waals surface area contributed by atoms with Crippen LogP contribution in [-0.2, 0) is 14.3 Å². The first-order chi connectivity index (χ1) is 12.5. The average Bonchev–Trinajstić information content (AvgIpc) is 3.11. The lowest BCUT2D eigenvalue weighted by atomic mass is 9.99. The maximum absolute atomic E-state index is 12.1. The van der Waals surface area contributed by atoms with Gasteiger partial charge in [-0.15, -0.1) is 0 Å². The van der Waals surface area contributed by atoms with Gasteiger partial charge in [-0.3, -0.25) is 4.79 Å². The van der Waals surface area contributed by atoms with Crippen LogP contribution in [-0.4, -0.2) is 42.3 Å². The Morgan fingerprint density at radius 1 is 1.19 bits per heavy atom. The Hall–Kier alpha value is -2.57. The Morgan fingerprint density at radius 3 is 2.58 bits per heavy atom. The summed E-state index contributed by atoms with van der Waals surface area (Å²) in [5, 5.41) is 12.2. The highest BCUT2D eigenvalue weighted by molar-refractivity contribution is 6.32. The molecule has 2 N–H and O–H groups in total. The third-order valence-corrected chi connectivity index (χ3v) is 4.50. The number of carboxylic acid groups (broad SMARTS) is 1. The zero-order valence-corrected chi connectivity index (χ0v) is 14.7. The molecule has 1 fully saturated rings. The number of carbonyl (C=O) groups excluding carboxylic acids is 1. The zero-order valence-electron chi connectivity index (χ0n) is 13.9. The van der Waals surface area contributed by atoms with Crippen LogP contribution in [0.1, 0.15) is 6.42 Å². The van der Waals surface area contributed by atoms with Crippen LogP contribution >= 0.6 is 11.6 Å². The van der Waals surface area contributed by atoms with Gasteiger partial charge in [0.2, 0.25) is 0 Å². The van der Waals surface area contributed by atoms with Crippen molar-refractivity contribution < 1.29 is 24.2 Å². The highest BCUT2D eigenvalue weighted by atomic mass is 35.5. The van der Waals surface area contributed by atoms with E-state index in [0.29, 0.717) is 17.4 Å². The van der Waals surface area contributed by atoms with Crippen molar-refractivity contribution in [3.05, 3.63) is 53.6 Å². The Morgan fingerprint density at radius 2 is 1.96 bits per heavy atom. The highest BCUT2D eigenvalue weighted by Crippen LogP contribution is 2.30. The number of benzene rings is 2. The second-order valence-electron chi connectivity index (χ2n) is 6.04. The standard InChI is InChI=1S/C19H18ClNO5/c20-15-10-14(13-4-2-1-3-5-13)6-7-16(15)26-11-17(22)21-19(18(23)24)8-9-25-12-19/h1-7,10H,8-9,11-12H2,(H,21,22)(H,23,24). The molecule has 3 rings (SSSR count). The molecule has 2 aromatic carbocycles. The van der Waals surface area contributed by atoms with E-state index in [1.54, 1.807) is 12.1 Å². The van der Waals surface area contributed by atoms with Crippen molar-refractivity contribution in [3.63, 3.8) is 0 Å². The van der Waals surface area contributed by atoms with Gasteiger partial charge in [0.05, 0.1) is 11.6 Å². The van der Waals surface area contributed by atoms with Crippen LogP contribution in [0.25, 0.3) is 11.1 Å². The molecule has 0 spiro atoms. The lowest BCUT2D eigenvalue weighted by Gasteiger charge is -2.23. The summed E-state index contributed by atoms with van der Waals surface area (Å²) in [4.78, 5) is 23.5. The minimum atomic E-state index is -1.39. The normalized spacial score (nSPS) is 19.1. The predicted molar refractivity (Wildman–Crippen MR) is 96.3 cm³/mol. The molecule has 1 saturated heterocycles. The van der Waals surface area contributed by atoms with E-state index in [2.05, 4.69) is 5.32 Å². The molecule has 1 aliphatic rings. The average molecular weight is 376 g/mol. The van der Waals surface area contributed by atoms with Gasteiger partial charge >= 0.3 is 5.97 Å². The minimum Gasteiger partial charge on any atom is -0.482 e. The summed E-state index contributed by atoms with van der Waals surface area (Å²) in [6, 6.07) is 15.0. The quantitative estimate of drug-likeness (QED) is 0.811. The van der Waals surface area contributed by atoms with Gasteiger partial charge in [-0.05, 0) is 23.3 Å². The SMILES string of the molecule is O=C(COc1ccc(-c2ccccc2)cc1Cl)NC1(C(=O)O)CCOC1. The molecule has 0 aliphatic carbocycles. The maximum atomic E-state index is 12.1. The van der Waals surface area contributed by atoms with Gasteiger partial charge in [0.15, 0.2) is 12.1 Å². The molecule has 1 amide bonds. The molecule has 0 aromatic heterocycles. The van der Waals surface area contributed by atoms with Crippen LogP contribution in [0.5, 0.6) is 5.75 Å². The van der Waals surface area contributed by atoms with Crippen molar-refractivity contribution in [1.82, 2.24) is 5.32 Å². The van der Waals surface area contributed by atoms with E-state index in [1.807, 2.05) is 36.4 Å². The topological polar surface area (TPSA) is 84.9 Å². The van der Waals surface area contributed by atoms with Gasteiger partial charge in [-0.2, -0.15) is 0 Å². The summed E-state index contributed by atoms with van der Waals surface area (Å²) in [7, 11) is 0. The first-order valence-corrected chi connectivity index (χ1v) is 8.48.